The molecule has 0 saturated heterocycles. The molecule has 0 fully saturated rings. The lowest BCUT2D eigenvalue weighted by molar-refractivity contribution is 0.237. The molecule has 1 aromatic heterocycles. The lowest BCUT2D eigenvalue weighted by Crippen LogP contribution is -2.38. The van der Waals surface area contributed by atoms with Crippen LogP contribution in [0.4, 0.5) is 0 Å². The quantitative estimate of drug-likeness (QED) is 0.778. The molecule has 0 spiro atoms. The number of aromatic nitrogens is 2. The fraction of sp³-hybridized carbons (Fsp3) is 0.211. The number of nitrogens with one attached hydrogen (secondary N) is 2. The van der Waals surface area contributed by atoms with Gasteiger partial charge in [0.15, 0.2) is 0 Å². The first-order valence-electron chi connectivity index (χ1n) is 7.92. The molecular weight excluding hydrogens is 286 g/mol. The van der Waals surface area contributed by atoms with E-state index in [1.54, 1.807) is 0 Å². The number of benzene rings is 2. The van der Waals surface area contributed by atoms with E-state index in [1.165, 1.54) is 5.56 Å². The number of ether oxygens (including phenoxy) is 1. The maximum Gasteiger partial charge on any atom is 0.122 e. The van der Waals surface area contributed by atoms with Crippen molar-refractivity contribution in [2.45, 2.75) is 19.0 Å². The van der Waals surface area contributed by atoms with Gasteiger partial charge in [-0.05, 0) is 24.1 Å². The Bertz CT molecular complexity index is 782. The average Bonchev–Trinajstić information content (AvgIpc) is 3.10. The molecule has 2 N–H and O–H groups in total. The van der Waals surface area contributed by atoms with Crippen molar-refractivity contribution < 1.29 is 4.74 Å². The van der Waals surface area contributed by atoms with Crippen molar-refractivity contribution in [2.24, 2.45) is 0 Å². The molecule has 116 valence electrons. The minimum atomic E-state index is 0.327. The van der Waals surface area contributed by atoms with E-state index in [2.05, 4.69) is 45.8 Å². The first-order chi connectivity index (χ1) is 11.4. The van der Waals surface area contributed by atoms with Crippen LogP contribution in [-0.2, 0) is 13.0 Å². The van der Waals surface area contributed by atoms with E-state index < -0.39 is 0 Å². The van der Waals surface area contributed by atoms with Crippen LogP contribution in [0.25, 0.3) is 11.3 Å². The minimum Gasteiger partial charge on any atom is -0.492 e. The summed E-state index contributed by atoms with van der Waals surface area (Å²) < 4.78 is 5.81. The highest BCUT2D eigenvalue weighted by atomic mass is 16.5. The molecule has 1 aliphatic rings. The first kappa shape index (κ1) is 14.0. The Morgan fingerprint density at radius 3 is 2.83 bits per heavy atom. The van der Waals surface area contributed by atoms with Crippen molar-refractivity contribution in [1.82, 2.24) is 15.5 Å². The van der Waals surface area contributed by atoms with Gasteiger partial charge in [0.2, 0.25) is 0 Å². The second-order valence-corrected chi connectivity index (χ2v) is 5.85. The molecule has 0 radical (unpaired) electrons. The van der Waals surface area contributed by atoms with Crippen LogP contribution in [0.5, 0.6) is 5.75 Å². The van der Waals surface area contributed by atoms with Gasteiger partial charge in [0.1, 0.15) is 12.4 Å². The molecule has 0 saturated carbocycles. The first-order valence-corrected chi connectivity index (χ1v) is 7.92. The van der Waals surface area contributed by atoms with Crippen LogP contribution >= 0.6 is 0 Å². The summed E-state index contributed by atoms with van der Waals surface area (Å²) in [5.74, 6) is 1.01. The number of aromatic amines is 1. The summed E-state index contributed by atoms with van der Waals surface area (Å²) in [6.45, 7) is 1.47. The largest absolute Gasteiger partial charge is 0.492 e. The molecule has 23 heavy (non-hydrogen) atoms. The molecule has 1 atom stereocenters. The van der Waals surface area contributed by atoms with E-state index in [0.717, 1.165) is 35.7 Å². The summed E-state index contributed by atoms with van der Waals surface area (Å²) in [6.07, 6.45) is 0.996. The SMILES string of the molecule is c1ccc(-c2cc(CNC3COc4ccccc4C3)[nH]n2)cc1. The Labute approximate surface area is 135 Å². The van der Waals surface area contributed by atoms with E-state index in [4.69, 9.17) is 4.74 Å². The molecule has 0 amide bonds. The van der Waals surface area contributed by atoms with E-state index in [9.17, 15) is 0 Å². The van der Waals surface area contributed by atoms with Crippen molar-refractivity contribution in [1.29, 1.82) is 0 Å². The van der Waals surface area contributed by atoms with Crippen LogP contribution in [0.15, 0.2) is 60.7 Å². The van der Waals surface area contributed by atoms with Crippen LogP contribution in [0.1, 0.15) is 11.3 Å². The molecule has 4 nitrogen and oxygen atoms in total. The van der Waals surface area contributed by atoms with Crippen LogP contribution in [0.3, 0.4) is 0 Å². The maximum atomic E-state index is 5.81. The van der Waals surface area contributed by atoms with E-state index >= 15 is 0 Å². The summed E-state index contributed by atoms with van der Waals surface area (Å²) in [4.78, 5) is 0. The zero-order valence-corrected chi connectivity index (χ0v) is 12.8. The summed E-state index contributed by atoms with van der Waals surface area (Å²) in [7, 11) is 0. The molecule has 0 aliphatic carbocycles. The summed E-state index contributed by atoms with van der Waals surface area (Å²) >= 11 is 0. The minimum absolute atomic E-state index is 0.327. The fourth-order valence-electron chi connectivity index (χ4n) is 2.92. The van der Waals surface area contributed by atoms with Crippen LogP contribution < -0.4 is 10.1 Å². The Morgan fingerprint density at radius 1 is 1.09 bits per heavy atom. The maximum absolute atomic E-state index is 5.81. The third-order valence-corrected chi connectivity index (χ3v) is 4.16. The van der Waals surface area contributed by atoms with Crippen LogP contribution in [-0.4, -0.2) is 22.8 Å². The average molecular weight is 305 g/mol. The van der Waals surface area contributed by atoms with Gasteiger partial charge in [0.25, 0.3) is 0 Å². The van der Waals surface area contributed by atoms with E-state index in [-0.39, 0.29) is 0 Å². The smallest absolute Gasteiger partial charge is 0.122 e. The molecule has 2 heterocycles. The van der Waals surface area contributed by atoms with Crippen molar-refractivity contribution in [3.05, 3.63) is 71.9 Å². The summed E-state index contributed by atoms with van der Waals surface area (Å²) in [5, 5.41) is 11.0. The molecule has 4 heteroatoms. The lowest BCUT2D eigenvalue weighted by Gasteiger charge is -2.25. The van der Waals surface area contributed by atoms with Crippen molar-refractivity contribution >= 4 is 0 Å². The Kier molecular flexibility index (Phi) is 3.82. The third kappa shape index (κ3) is 3.12. The van der Waals surface area contributed by atoms with Gasteiger partial charge in [-0.15, -0.1) is 0 Å². The number of H-pyrrole nitrogens is 1. The zero-order chi connectivity index (χ0) is 15.5. The Hall–Kier alpha value is -2.59. The third-order valence-electron chi connectivity index (χ3n) is 4.16. The number of para-hydroxylation sites is 1. The molecular formula is C19H19N3O. The highest BCUT2D eigenvalue weighted by molar-refractivity contribution is 5.58. The molecule has 1 unspecified atom stereocenters. The second kappa shape index (κ2) is 6.26. The normalized spacial score (nSPS) is 16.6. The van der Waals surface area contributed by atoms with Crippen molar-refractivity contribution in [2.75, 3.05) is 6.61 Å². The van der Waals surface area contributed by atoms with Gasteiger partial charge < -0.3 is 10.1 Å². The number of rotatable bonds is 4. The van der Waals surface area contributed by atoms with Crippen molar-refractivity contribution in [3.63, 3.8) is 0 Å². The number of hydrogen-bond acceptors (Lipinski definition) is 3. The van der Waals surface area contributed by atoms with Gasteiger partial charge in [0, 0.05) is 23.8 Å². The molecule has 4 rings (SSSR count). The lowest BCUT2D eigenvalue weighted by atomic mass is 10.0. The number of nitrogens with zero attached hydrogens (tertiary/aromatic N) is 1. The van der Waals surface area contributed by atoms with Gasteiger partial charge >= 0.3 is 0 Å². The summed E-state index contributed by atoms with van der Waals surface area (Å²) in [5.41, 5.74) is 4.46. The van der Waals surface area contributed by atoms with Crippen LogP contribution in [0, 0.1) is 0 Å². The predicted octanol–water partition coefficient (Wildman–Crippen LogP) is 3.17. The predicted molar refractivity (Wildman–Crippen MR) is 90.3 cm³/mol. The standard InChI is InChI=1S/C19H19N3O/c1-2-6-14(7-3-1)18-11-16(21-22-18)12-20-17-10-15-8-4-5-9-19(15)23-13-17/h1-9,11,17,20H,10,12-13H2,(H,21,22). The summed E-state index contributed by atoms with van der Waals surface area (Å²) in [6, 6.07) is 20.9. The zero-order valence-electron chi connectivity index (χ0n) is 12.8. The molecule has 2 aromatic carbocycles. The highest BCUT2D eigenvalue weighted by Gasteiger charge is 2.19. The number of fused-ring (bicyclic) bond motifs is 1. The Balaban J connectivity index is 1.38. The topological polar surface area (TPSA) is 49.9 Å². The van der Waals surface area contributed by atoms with Crippen molar-refractivity contribution in [3.8, 4) is 17.0 Å². The van der Waals surface area contributed by atoms with Gasteiger partial charge in [-0.3, -0.25) is 5.10 Å². The highest BCUT2D eigenvalue weighted by Crippen LogP contribution is 2.24. The van der Waals surface area contributed by atoms with Crippen LogP contribution in [0.2, 0.25) is 0 Å². The van der Waals surface area contributed by atoms with E-state index in [1.807, 2.05) is 30.3 Å². The van der Waals surface area contributed by atoms with Gasteiger partial charge in [0.05, 0.1) is 5.69 Å². The van der Waals surface area contributed by atoms with Gasteiger partial charge in [-0.1, -0.05) is 48.5 Å². The fourth-order valence-corrected chi connectivity index (χ4v) is 2.92. The molecule has 3 aromatic rings. The monoisotopic (exact) mass is 305 g/mol. The Morgan fingerprint density at radius 2 is 1.91 bits per heavy atom. The van der Waals surface area contributed by atoms with E-state index in [0.29, 0.717) is 12.6 Å². The van der Waals surface area contributed by atoms with Gasteiger partial charge in [-0.2, -0.15) is 5.10 Å². The van der Waals surface area contributed by atoms with Gasteiger partial charge in [-0.25, -0.2) is 0 Å². The number of hydrogen-bond donors (Lipinski definition) is 2. The molecule has 0 bridgehead atoms. The molecule has 1 aliphatic heterocycles. The second-order valence-electron chi connectivity index (χ2n) is 5.85.